The minimum Gasteiger partial charge on any atom is -0.415 e. The summed E-state index contributed by atoms with van der Waals surface area (Å²) in [4.78, 5) is 23.8. The van der Waals surface area contributed by atoms with E-state index in [2.05, 4.69) is 19.6 Å². The Hall–Kier alpha value is -1.18. The SMILES string of the molecule is C[Si](C)(C)OCCOCCOCCOCCOCCOCCOCCN1C(=O)C=CC1=O. The molecule has 1 rings (SSSR count). The molecule has 1 aliphatic rings. The third-order valence-electron chi connectivity index (χ3n) is 3.98. The third-order valence-corrected chi connectivity index (χ3v) is 5.05. The van der Waals surface area contributed by atoms with Crippen LogP contribution in [-0.2, 0) is 42.4 Å². The lowest BCUT2D eigenvalue weighted by Gasteiger charge is -2.16. The van der Waals surface area contributed by atoms with Crippen molar-refractivity contribution in [3.8, 4) is 0 Å². The summed E-state index contributed by atoms with van der Waals surface area (Å²) in [5, 5.41) is 0. The lowest BCUT2D eigenvalue weighted by Crippen LogP contribution is -2.33. The van der Waals surface area contributed by atoms with E-state index in [1.165, 1.54) is 12.2 Å². The van der Waals surface area contributed by atoms with Gasteiger partial charge in [0.25, 0.3) is 11.8 Å². The Morgan fingerprint density at radius 1 is 0.562 bits per heavy atom. The van der Waals surface area contributed by atoms with Gasteiger partial charge in [-0.2, -0.15) is 0 Å². The number of hydrogen-bond donors (Lipinski definition) is 0. The van der Waals surface area contributed by atoms with Crippen LogP contribution in [0.1, 0.15) is 0 Å². The monoisotopic (exact) mass is 477 g/mol. The van der Waals surface area contributed by atoms with E-state index < -0.39 is 8.32 Å². The second-order valence-corrected chi connectivity index (χ2v) is 12.3. The largest absolute Gasteiger partial charge is 0.415 e. The first-order valence-corrected chi connectivity index (χ1v) is 14.4. The zero-order valence-electron chi connectivity index (χ0n) is 19.7. The molecule has 11 heteroatoms. The van der Waals surface area contributed by atoms with Gasteiger partial charge in [0.05, 0.1) is 92.4 Å². The molecule has 186 valence electrons. The number of rotatable bonds is 22. The fourth-order valence-corrected chi connectivity index (χ4v) is 3.11. The molecular weight excluding hydrogens is 438 g/mol. The molecule has 0 bridgehead atoms. The molecule has 0 aromatic carbocycles. The normalized spacial score (nSPS) is 14.2. The number of hydrogen-bond acceptors (Lipinski definition) is 9. The maximum atomic E-state index is 11.3. The van der Waals surface area contributed by atoms with E-state index in [9.17, 15) is 9.59 Å². The summed E-state index contributed by atoms with van der Waals surface area (Å²) in [6.07, 6.45) is 2.52. The Morgan fingerprint density at radius 3 is 1.22 bits per heavy atom. The zero-order valence-corrected chi connectivity index (χ0v) is 20.7. The standard InChI is InChI=1S/C21H39NO9Si/c1-32(2,3)31-19-18-30-17-16-29-15-14-28-13-12-27-11-10-26-9-8-25-7-6-22-20(23)4-5-21(22)24/h4-5H,6-19H2,1-3H3. The van der Waals surface area contributed by atoms with Crippen LogP contribution in [-0.4, -0.2) is 117 Å². The summed E-state index contributed by atoms with van der Waals surface area (Å²) in [7, 11) is -1.45. The average molecular weight is 478 g/mol. The molecular formula is C21H39NO9Si. The summed E-state index contributed by atoms with van der Waals surface area (Å²) < 4.78 is 38.1. The molecule has 0 N–H and O–H groups in total. The maximum Gasteiger partial charge on any atom is 0.253 e. The number of carbonyl (C=O) groups is 2. The van der Waals surface area contributed by atoms with E-state index in [1.807, 2.05) is 0 Å². The minimum absolute atomic E-state index is 0.251. The van der Waals surface area contributed by atoms with Crippen molar-refractivity contribution in [3.05, 3.63) is 12.2 Å². The summed E-state index contributed by atoms with van der Waals surface area (Å²) in [6, 6.07) is 0. The predicted octanol–water partition coefficient (Wildman–Crippen LogP) is 0.863. The summed E-state index contributed by atoms with van der Waals surface area (Å²) in [5.74, 6) is -0.597. The van der Waals surface area contributed by atoms with E-state index in [0.29, 0.717) is 85.9 Å². The lowest BCUT2D eigenvalue weighted by atomic mass is 10.5. The fraction of sp³-hybridized carbons (Fsp3) is 0.810. The molecule has 2 amide bonds. The molecule has 0 unspecified atom stereocenters. The van der Waals surface area contributed by atoms with Crippen molar-refractivity contribution >= 4 is 20.1 Å². The Morgan fingerprint density at radius 2 is 0.875 bits per heavy atom. The molecule has 0 aliphatic carbocycles. The van der Waals surface area contributed by atoms with Crippen LogP contribution in [0.25, 0.3) is 0 Å². The molecule has 1 aliphatic heterocycles. The van der Waals surface area contributed by atoms with Gasteiger partial charge in [-0.15, -0.1) is 0 Å². The van der Waals surface area contributed by atoms with Crippen molar-refractivity contribution in [2.45, 2.75) is 19.6 Å². The highest BCUT2D eigenvalue weighted by atomic mass is 28.4. The van der Waals surface area contributed by atoms with E-state index >= 15 is 0 Å². The highest BCUT2D eigenvalue weighted by Gasteiger charge is 2.22. The van der Waals surface area contributed by atoms with Crippen LogP contribution in [0.15, 0.2) is 12.2 Å². The summed E-state index contributed by atoms with van der Waals surface area (Å²) in [5.41, 5.74) is 0. The van der Waals surface area contributed by atoms with Crippen LogP contribution >= 0.6 is 0 Å². The van der Waals surface area contributed by atoms with Gasteiger partial charge >= 0.3 is 0 Å². The first kappa shape index (κ1) is 28.8. The predicted molar refractivity (Wildman–Crippen MR) is 120 cm³/mol. The molecule has 1 heterocycles. The molecule has 0 radical (unpaired) electrons. The van der Waals surface area contributed by atoms with Gasteiger partial charge in [0.2, 0.25) is 0 Å². The second kappa shape index (κ2) is 18.3. The van der Waals surface area contributed by atoms with Crippen molar-refractivity contribution in [3.63, 3.8) is 0 Å². The van der Waals surface area contributed by atoms with Gasteiger partial charge in [-0.25, -0.2) is 0 Å². The van der Waals surface area contributed by atoms with E-state index in [4.69, 9.17) is 32.8 Å². The van der Waals surface area contributed by atoms with E-state index in [-0.39, 0.29) is 18.4 Å². The molecule has 0 aromatic heterocycles. The Labute approximate surface area is 192 Å². The van der Waals surface area contributed by atoms with Crippen LogP contribution in [0, 0.1) is 0 Å². The molecule has 0 saturated heterocycles. The highest BCUT2D eigenvalue weighted by Crippen LogP contribution is 2.02. The van der Waals surface area contributed by atoms with Gasteiger partial charge in [0.1, 0.15) is 0 Å². The molecule has 0 fully saturated rings. The Bertz CT molecular complexity index is 522. The number of carbonyl (C=O) groups excluding carboxylic acids is 2. The molecule has 10 nitrogen and oxygen atoms in total. The fourth-order valence-electron chi connectivity index (χ4n) is 2.42. The van der Waals surface area contributed by atoms with Gasteiger partial charge in [-0.3, -0.25) is 14.5 Å². The van der Waals surface area contributed by atoms with Gasteiger partial charge in [-0.05, 0) is 19.6 Å². The molecule has 32 heavy (non-hydrogen) atoms. The lowest BCUT2D eigenvalue weighted by molar-refractivity contribution is -0.137. The van der Waals surface area contributed by atoms with Crippen molar-refractivity contribution in [1.29, 1.82) is 0 Å². The maximum absolute atomic E-state index is 11.3. The van der Waals surface area contributed by atoms with Gasteiger partial charge in [0.15, 0.2) is 8.32 Å². The highest BCUT2D eigenvalue weighted by molar-refractivity contribution is 6.69. The third kappa shape index (κ3) is 16.5. The Kier molecular flexibility index (Phi) is 16.5. The van der Waals surface area contributed by atoms with Crippen LogP contribution in [0.5, 0.6) is 0 Å². The van der Waals surface area contributed by atoms with Crippen molar-refractivity contribution in [1.82, 2.24) is 4.90 Å². The molecule has 0 saturated carbocycles. The quantitative estimate of drug-likeness (QED) is 0.128. The number of amides is 2. The van der Waals surface area contributed by atoms with Gasteiger partial charge in [-0.1, -0.05) is 0 Å². The Balaban J connectivity index is 1.69. The van der Waals surface area contributed by atoms with E-state index in [0.717, 1.165) is 4.90 Å². The average Bonchev–Trinajstić information content (AvgIpc) is 3.06. The van der Waals surface area contributed by atoms with Crippen molar-refractivity contribution < 1.29 is 42.4 Å². The zero-order chi connectivity index (χ0) is 23.5. The molecule has 0 aromatic rings. The number of imide groups is 1. The van der Waals surface area contributed by atoms with Crippen LogP contribution in [0.3, 0.4) is 0 Å². The van der Waals surface area contributed by atoms with Crippen LogP contribution in [0.2, 0.25) is 19.6 Å². The minimum atomic E-state index is -1.45. The van der Waals surface area contributed by atoms with Crippen LogP contribution in [0.4, 0.5) is 0 Å². The summed E-state index contributed by atoms with van der Waals surface area (Å²) >= 11 is 0. The van der Waals surface area contributed by atoms with Gasteiger partial charge in [0, 0.05) is 12.2 Å². The first-order chi connectivity index (χ1) is 15.4. The second-order valence-electron chi connectivity index (χ2n) is 7.80. The topological polar surface area (TPSA) is 102 Å². The molecule has 0 spiro atoms. The van der Waals surface area contributed by atoms with Crippen LogP contribution < -0.4 is 0 Å². The smallest absolute Gasteiger partial charge is 0.253 e. The summed E-state index contributed by atoms with van der Waals surface area (Å²) in [6.45, 7) is 13.1. The van der Waals surface area contributed by atoms with Gasteiger partial charge < -0.3 is 32.8 Å². The van der Waals surface area contributed by atoms with E-state index in [1.54, 1.807) is 0 Å². The molecule has 0 atom stereocenters. The first-order valence-electron chi connectivity index (χ1n) is 11.0. The number of nitrogens with zero attached hydrogens (tertiary/aromatic N) is 1. The van der Waals surface area contributed by atoms with Crippen molar-refractivity contribution in [2.24, 2.45) is 0 Å². The van der Waals surface area contributed by atoms with Crippen molar-refractivity contribution in [2.75, 3.05) is 92.4 Å². The number of ether oxygens (including phenoxy) is 6.